The molecule has 1 saturated heterocycles. The summed E-state index contributed by atoms with van der Waals surface area (Å²) in [7, 11) is 0. The van der Waals surface area contributed by atoms with Gasteiger partial charge in [0.05, 0.1) is 12.6 Å². The van der Waals surface area contributed by atoms with Gasteiger partial charge in [-0.15, -0.1) is 5.10 Å². The zero-order chi connectivity index (χ0) is 9.10. The molecule has 2 rings (SSSR count). The predicted molar refractivity (Wildman–Crippen MR) is 56.3 cm³/mol. The highest BCUT2D eigenvalue weighted by Crippen LogP contribution is 2.13. The van der Waals surface area contributed by atoms with Crippen LogP contribution in [-0.4, -0.2) is 27.5 Å². The van der Waals surface area contributed by atoms with Crippen molar-refractivity contribution in [3.05, 3.63) is 10.2 Å². The first-order valence-electron chi connectivity index (χ1n) is 4.51. The molecule has 0 aromatic carbocycles. The van der Waals surface area contributed by atoms with Crippen molar-refractivity contribution in [1.82, 2.24) is 14.8 Å². The lowest BCUT2D eigenvalue weighted by Crippen LogP contribution is -2.24. The van der Waals surface area contributed by atoms with E-state index in [9.17, 15) is 0 Å². The third-order valence-corrected chi connectivity index (χ3v) is 2.67. The van der Waals surface area contributed by atoms with Gasteiger partial charge in [-0.1, -0.05) is 0 Å². The Hall–Kier alpha value is -0.170. The van der Waals surface area contributed by atoms with Crippen molar-refractivity contribution in [2.24, 2.45) is 0 Å². The van der Waals surface area contributed by atoms with Crippen LogP contribution in [0.3, 0.4) is 0 Å². The highest BCUT2D eigenvalue weighted by molar-refractivity contribution is 14.1. The molecular formula is C8H12IN3O. The van der Waals surface area contributed by atoms with Gasteiger partial charge in [-0.2, -0.15) is 0 Å². The van der Waals surface area contributed by atoms with Gasteiger partial charge in [0.25, 0.3) is 0 Å². The van der Waals surface area contributed by atoms with Gasteiger partial charge < -0.3 is 4.74 Å². The summed E-state index contributed by atoms with van der Waals surface area (Å²) in [5.41, 5.74) is 0. The Morgan fingerprint density at radius 3 is 3.15 bits per heavy atom. The zero-order valence-corrected chi connectivity index (χ0v) is 9.48. The van der Waals surface area contributed by atoms with Crippen LogP contribution < -0.4 is 0 Å². The summed E-state index contributed by atoms with van der Waals surface area (Å²) >= 11 is 2.11. The molecule has 1 aliphatic heterocycles. The molecule has 1 aromatic heterocycles. The Labute approximate surface area is 90.8 Å². The largest absolute Gasteiger partial charge is 0.376 e. The first kappa shape index (κ1) is 9.39. The van der Waals surface area contributed by atoms with E-state index in [1.54, 1.807) is 6.33 Å². The van der Waals surface area contributed by atoms with Crippen molar-refractivity contribution < 1.29 is 4.74 Å². The van der Waals surface area contributed by atoms with Crippen molar-refractivity contribution in [1.29, 1.82) is 0 Å². The Morgan fingerprint density at radius 1 is 1.62 bits per heavy atom. The second-order valence-corrected chi connectivity index (χ2v) is 4.19. The molecule has 0 aliphatic carbocycles. The molecule has 1 fully saturated rings. The van der Waals surface area contributed by atoms with Crippen LogP contribution in [0.2, 0.25) is 0 Å². The summed E-state index contributed by atoms with van der Waals surface area (Å²) in [5.74, 6) is 0. The lowest BCUT2D eigenvalue weighted by molar-refractivity contribution is 0.00389. The van der Waals surface area contributed by atoms with Crippen molar-refractivity contribution in [3.63, 3.8) is 0 Å². The zero-order valence-electron chi connectivity index (χ0n) is 7.32. The molecule has 0 spiro atoms. The standard InChI is InChI=1S/C8H12IN3O/c9-8-10-6-12(11-8)5-7-3-1-2-4-13-7/h6-7H,1-5H2. The van der Waals surface area contributed by atoms with Gasteiger partial charge in [0.2, 0.25) is 3.83 Å². The number of aromatic nitrogens is 3. The monoisotopic (exact) mass is 293 g/mol. The summed E-state index contributed by atoms with van der Waals surface area (Å²) in [6, 6.07) is 0. The average molecular weight is 293 g/mol. The van der Waals surface area contributed by atoms with Gasteiger partial charge >= 0.3 is 0 Å². The number of nitrogens with zero attached hydrogens (tertiary/aromatic N) is 3. The van der Waals surface area contributed by atoms with Gasteiger partial charge in [0.15, 0.2) is 0 Å². The van der Waals surface area contributed by atoms with E-state index in [1.807, 2.05) is 4.68 Å². The fraction of sp³-hybridized carbons (Fsp3) is 0.750. The SMILES string of the molecule is Ic1ncn(CC2CCCCO2)n1. The highest BCUT2D eigenvalue weighted by atomic mass is 127. The second-order valence-electron chi connectivity index (χ2n) is 3.22. The van der Waals surface area contributed by atoms with E-state index in [0.29, 0.717) is 6.10 Å². The summed E-state index contributed by atoms with van der Waals surface area (Å²) in [6.45, 7) is 1.74. The van der Waals surface area contributed by atoms with Crippen LogP contribution in [0.5, 0.6) is 0 Å². The quantitative estimate of drug-likeness (QED) is 0.775. The highest BCUT2D eigenvalue weighted by Gasteiger charge is 2.14. The second kappa shape index (κ2) is 4.36. The van der Waals surface area contributed by atoms with Gasteiger partial charge in [0.1, 0.15) is 6.33 Å². The fourth-order valence-electron chi connectivity index (χ4n) is 1.52. The fourth-order valence-corrected chi connectivity index (χ4v) is 1.92. The van der Waals surface area contributed by atoms with Gasteiger partial charge in [-0.3, -0.25) is 0 Å². The van der Waals surface area contributed by atoms with Crippen LogP contribution >= 0.6 is 22.6 Å². The minimum absolute atomic E-state index is 0.339. The molecule has 5 heteroatoms. The van der Waals surface area contributed by atoms with Gasteiger partial charge in [-0.05, 0) is 19.3 Å². The third-order valence-electron chi connectivity index (χ3n) is 2.17. The van der Waals surface area contributed by atoms with Crippen LogP contribution in [0, 0.1) is 3.83 Å². The maximum absolute atomic E-state index is 5.60. The molecular weight excluding hydrogens is 281 g/mol. The Morgan fingerprint density at radius 2 is 2.54 bits per heavy atom. The summed E-state index contributed by atoms with van der Waals surface area (Å²) in [4.78, 5) is 4.07. The molecule has 0 N–H and O–H groups in total. The first-order chi connectivity index (χ1) is 6.34. The van der Waals surface area contributed by atoms with Crippen LogP contribution in [0.15, 0.2) is 6.33 Å². The maximum atomic E-state index is 5.60. The topological polar surface area (TPSA) is 39.9 Å². The van der Waals surface area contributed by atoms with E-state index in [4.69, 9.17) is 4.74 Å². The lowest BCUT2D eigenvalue weighted by atomic mass is 10.1. The molecule has 1 aliphatic rings. The van der Waals surface area contributed by atoms with Crippen molar-refractivity contribution in [3.8, 4) is 0 Å². The Bertz CT molecular complexity index is 270. The number of hydrogen-bond donors (Lipinski definition) is 0. The summed E-state index contributed by atoms with van der Waals surface area (Å²) in [5, 5.41) is 4.22. The molecule has 2 heterocycles. The van der Waals surface area contributed by atoms with Crippen LogP contribution in [0.1, 0.15) is 19.3 Å². The van der Waals surface area contributed by atoms with E-state index in [0.717, 1.165) is 23.4 Å². The molecule has 13 heavy (non-hydrogen) atoms. The first-order valence-corrected chi connectivity index (χ1v) is 5.59. The van der Waals surface area contributed by atoms with E-state index >= 15 is 0 Å². The van der Waals surface area contributed by atoms with E-state index in [2.05, 4.69) is 32.7 Å². The molecule has 1 atom stereocenters. The van der Waals surface area contributed by atoms with Crippen molar-refractivity contribution in [2.45, 2.75) is 31.9 Å². The smallest absolute Gasteiger partial charge is 0.211 e. The predicted octanol–water partition coefficient (Wildman–Crippen LogP) is 1.45. The van der Waals surface area contributed by atoms with Crippen LogP contribution in [0.4, 0.5) is 0 Å². The normalized spacial score (nSPS) is 23.3. The van der Waals surface area contributed by atoms with E-state index in [1.165, 1.54) is 12.8 Å². The number of hydrogen-bond acceptors (Lipinski definition) is 3. The molecule has 0 radical (unpaired) electrons. The summed E-state index contributed by atoms with van der Waals surface area (Å²) < 4.78 is 8.26. The average Bonchev–Trinajstić information content (AvgIpc) is 2.53. The molecule has 4 nitrogen and oxygen atoms in total. The minimum atomic E-state index is 0.339. The third kappa shape index (κ3) is 2.63. The van der Waals surface area contributed by atoms with E-state index < -0.39 is 0 Å². The number of rotatable bonds is 2. The maximum Gasteiger partial charge on any atom is 0.211 e. The van der Waals surface area contributed by atoms with Crippen LogP contribution in [-0.2, 0) is 11.3 Å². The lowest BCUT2D eigenvalue weighted by Gasteiger charge is -2.21. The number of halogens is 1. The minimum Gasteiger partial charge on any atom is -0.376 e. The Balaban J connectivity index is 1.89. The van der Waals surface area contributed by atoms with Gasteiger partial charge in [0, 0.05) is 29.2 Å². The molecule has 0 saturated carbocycles. The molecule has 72 valence electrons. The molecule has 0 bridgehead atoms. The molecule has 0 amide bonds. The molecule has 1 aromatic rings. The number of ether oxygens (including phenoxy) is 1. The van der Waals surface area contributed by atoms with E-state index in [-0.39, 0.29) is 0 Å². The van der Waals surface area contributed by atoms with Crippen molar-refractivity contribution in [2.75, 3.05) is 6.61 Å². The summed E-state index contributed by atoms with van der Waals surface area (Å²) in [6.07, 6.45) is 5.73. The van der Waals surface area contributed by atoms with Crippen LogP contribution in [0.25, 0.3) is 0 Å². The molecule has 1 unspecified atom stereocenters. The Kier molecular flexibility index (Phi) is 3.15. The van der Waals surface area contributed by atoms with Gasteiger partial charge in [-0.25, -0.2) is 9.67 Å². The van der Waals surface area contributed by atoms with Crippen molar-refractivity contribution >= 4 is 22.6 Å².